The summed E-state index contributed by atoms with van der Waals surface area (Å²) in [6, 6.07) is -0.195. The molecule has 2 N–H and O–H groups in total. The lowest BCUT2D eigenvalue weighted by molar-refractivity contribution is -0.126. The van der Waals surface area contributed by atoms with Gasteiger partial charge < -0.3 is 15.4 Å². The van der Waals surface area contributed by atoms with Gasteiger partial charge in [0, 0.05) is 25.2 Å². The van der Waals surface area contributed by atoms with Gasteiger partial charge in [0.25, 0.3) is 0 Å². The van der Waals surface area contributed by atoms with Crippen molar-refractivity contribution < 1.29 is 9.53 Å². The minimum absolute atomic E-state index is 0. The Bertz CT molecular complexity index is 337. The van der Waals surface area contributed by atoms with Gasteiger partial charge in [-0.05, 0) is 39.2 Å². The van der Waals surface area contributed by atoms with Crippen LogP contribution >= 0.6 is 24.8 Å². The van der Waals surface area contributed by atoms with Crippen molar-refractivity contribution in [3.63, 3.8) is 0 Å². The molecule has 7 heteroatoms. The van der Waals surface area contributed by atoms with Gasteiger partial charge in [-0.1, -0.05) is 6.92 Å². The zero-order valence-corrected chi connectivity index (χ0v) is 15.5. The molecule has 0 saturated carbocycles. The summed E-state index contributed by atoms with van der Waals surface area (Å²) in [6.45, 7) is 11.6. The molecule has 2 saturated heterocycles. The summed E-state index contributed by atoms with van der Waals surface area (Å²) in [7, 11) is 0. The molecule has 0 spiro atoms. The molecular weight excluding hydrogens is 325 g/mol. The Labute approximate surface area is 146 Å². The molecule has 0 aliphatic carbocycles. The molecule has 2 atom stereocenters. The van der Waals surface area contributed by atoms with E-state index in [1.165, 1.54) is 12.8 Å². The Hall–Kier alpha value is -0.0700. The van der Waals surface area contributed by atoms with Gasteiger partial charge in [0.1, 0.15) is 6.04 Å². The van der Waals surface area contributed by atoms with E-state index in [9.17, 15) is 4.79 Å². The Morgan fingerprint density at radius 1 is 1.41 bits per heavy atom. The van der Waals surface area contributed by atoms with Crippen LogP contribution in [0.25, 0.3) is 0 Å². The third-order valence-electron chi connectivity index (χ3n) is 4.45. The second-order valence-corrected chi connectivity index (χ2v) is 6.81. The molecular formula is C15H31Cl2N3O2. The highest BCUT2D eigenvalue weighted by Crippen LogP contribution is 2.23. The van der Waals surface area contributed by atoms with Crippen LogP contribution in [0.3, 0.4) is 0 Å². The van der Waals surface area contributed by atoms with Crippen LogP contribution in [0.4, 0.5) is 0 Å². The molecule has 2 aliphatic rings. The SMILES string of the molecule is CC1CCCN(C(C)(C)CNC(=O)C2COCCN2)C1.Cl.Cl. The molecule has 5 nitrogen and oxygen atoms in total. The van der Waals surface area contributed by atoms with Gasteiger partial charge in [0.05, 0.1) is 13.2 Å². The predicted octanol–water partition coefficient (Wildman–Crippen LogP) is 1.45. The molecule has 2 aliphatic heterocycles. The van der Waals surface area contributed by atoms with Crippen LogP contribution < -0.4 is 10.6 Å². The molecule has 2 heterocycles. The van der Waals surface area contributed by atoms with E-state index in [-0.39, 0.29) is 42.3 Å². The smallest absolute Gasteiger partial charge is 0.239 e. The number of nitrogens with one attached hydrogen (secondary N) is 2. The highest BCUT2D eigenvalue weighted by atomic mass is 35.5. The monoisotopic (exact) mass is 355 g/mol. The minimum atomic E-state index is -0.195. The van der Waals surface area contributed by atoms with Crippen LogP contribution in [0.5, 0.6) is 0 Å². The van der Waals surface area contributed by atoms with Gasteiger partial charge in [0.15, 0.2) is 0 Å². The summed E-state index contributed by atoms with van der Waals surface area (Å²) in [5, 5.41) is 6.27. The van der Waals surface area contributed by atoms with E-state index in [1.807, 2.05) is 0 Å². The lowest BCUT2D eigenvalue weighted by atomic mass is 9.93. The Balaban J connectivity index is 0.00000220. The van der Waals surface area contributed by atoms with Crippen LogP contribution in [0.2, 0.25) is 0 Å². The molecule has 2 fully saturated rings. The number of carbonyl (C=O) groups excluding carboxylic acids is 1. The molecule has 2 rings (SSSR count). The standard InChI is InChI=1S/C15H29N3O2.2ClH/c1-12-5-4-7-18(9-12)15(2,3)11-17-14(19)13-10-20-8-6-16-13;;/h12-13,16H,4-11H2,1-3H3,(H,17,19);2*1H. The van der Waals surface area contributed by atoms with Crippen molar-refractivity contribution in [3.8, 4) is 0 Å². The van der Waals surface area contributed by atoms with E-state index in [0.29, 0.717) is 19.8 Å². The number of hydrogen-bond donors (Lipinski definition) is 2. The summed E-state index contributed by atoms with van der Waals surface area (Å²) in [5.41, 5.74) is 0.0138. The molecule has 132 valence electrons. The van der Waals surface area contributed by atoms with E-state index in [0.717, 1.165) is 25.6 Å². The second kappa shape index (κ2) is 9.93. The average Bonchev–Trinajstić information content (AvgIpc) is 2.46. The van der Waals surface area contributed by atoms with Gasteiger partial charge in [0.2, 0.25) is 5.91 Å². The van der Waals surface area contributed by atoms with Crippen LogP contribution in [0, 0.1) is 5.92 Å². The zero-order chi connectivity index (χ0) is 14.6. The van der Waals surface area contributed by atoms with Crippen LogP contribution in [-0.4, -0.2) is 61.8 Å². The van der Waals surface area contributed by atoms with Gasteiger partial charge >= 0.3 is 0 Å². The molecule has 0 radical (unpaired) electrons. The first-order chi connectivity index (χ1) is 9.49. The number of carbonyl (C=O) groups is 1. The summed E-state index contributed by atoms with van der Waals surface area (Å²) in [6.07, 6.45) is 2.58. The Kier molecular flexibility index (Phi) is 9.90. The van der Waals surface area contributed by atoms with Crippen LogP contribution in [0.15, 0.2) is 0 Å². The maximum absolute atomic E-state index is 12.1. The normalized spacial score (nSPS) is 26.5. The first kappa shape index (κ1) is 21.9. The van der Waals surface area contributed by atoms with E-state index < -0.39 is 0 Å². The van der Waals surface area contributed by atoms with Crippen molar-refractivity contribution in [2.24, 2.45) is 5.92 Å². The van der Waals surface area contributed by atoms with Crippen molar-refractivity contribution in [1.82, 2.24) is 15.5 Å². The number of morpholine rings is 1. The van der Waals surface area contributed by atoms with Gasteiger partial charge in [-0.2, -0.15) is 0 Å². The fourth-order valence-electron chi connectivity index (χ4n) is 3.01. The first-order valence-electron chi connectivity index (χ1n) is 7.83. The highest BCUT2D eigenvalue weighted by Gasteiger charge is 2.31. The largest absolute Gasteiger partial charge is 0.378 e. The van der Waals surface area contributed by atoms with E-state index >= 15 is 0 Å². The molecule has 0 bridgehead atoms. The third kappa shape index (κ3) is 6.20. The molecule has 0 aromatic rings. The fourth-order valence-corrected chi connectivity index (χ4v) is 3.01. The van der Waals surface area contributed by atoms with Crippen LogP contribution in [-0.2, 0) is 9.53 Å². The van der Waals surface area contributed by atoms with Crippen molar-refractivity contribution in [1.29, 1.82) is 0 Å². The number of nitrogens with zero attached hydrogens (tertiary/aromatic N) is 1. The molecule has 2 unspecified atom stereocenters. The molecule has 22 heavy (non-hydrogen) atoms. The summed E-state index contributed by atoms with van der Waals surface area (Å²) in [4.78, 5) is 14.6. The van der Waals surface area contributed by atoms with E-state index in [1.54, 1.807) is 0 Å². The number of likely N-dealkylation sites (tertiary alicyclic amines) is 1. The van der Waals surface area contributed by atoms with Crippen molar-refractivity contribution in [3.05, 3.63) is 0 Å². The molecule has 0 aromatic heterocycles. The van der Waals surface area contributed by atoms with Gasteiger partial charge in [-0.25, -0.2) is 0 Å². The summed E-state index contributed by atoms with van der Waals surface area (Å²) >= 11 is 0. The van der Waals surface area contributed by atoms with Crippen molar-refractivity contribution >= 4 is 30.7 Å². The summed E-state index contributed by atoms with van der Waals surface area (Å²) < 4.78 is 5.33. The zero-order valence-electron chi connectivity index (χ0n) is 13.9. The molecule has 1 amide bonds. The van der Waals surface area contributed by atoms with Crippen LogP contribution in [0.1, 0.15) is 33.6 Å². The number of ether oxygens (including phenoxy) is 1. The van der Waals surface area contributed by atoms with Crippen molar-refractivity contribution in [2.75, 3.05) is 39.4 Å². The fraction of sp³-hybridized carbons (Fsp3) is 0.933. The minimum Gasteiger partial charge on any atom is -0.378 e. The van der Waals surface area contributed by atoms with Gasteiger partial charge in [-0.3, -0.25) is 9.69 Å². The lowest BCUT2D eigenvalue weighted by Crippen LogP contribution is -2.58. The van der Waals surface area contributed by atoms with E-state index in [2.05, 4.69) is 36.3 Å². The Morgan fingerprint density at radius 3 is 2.73 bits per heavy atom. The van der Waals surface area contributed by atoms with Crippen molar-refractivity contribution in [2.45, 2.75) is 45.2 Å². The first-order valence-corrected chi connectivity index (χ1v) is 7.83. The lowest BCUT2D eigenvalue weighted by Gasteiger charge is -2.43. The average molecular weight is 356 g/mol. The number of halogens is 2. The Morgan fingerprint density at radius 2 is 2.14 bits per heavy atom. The number of amides is 1. The second-order valence-electron chi connectivity index (χ2n) is 6.81. The van der Waals surface area contributed by atoms with E-state index in [4.69, 9.17) is 4.74 Å². The maximum Gasteiger partial charge on any atom is 0.239 e. The maximum atomic E-state index is 12.1. The number of piperidine rings is 1. The number of hydrogen-bond acceptors (Lipinski definition) is 4. The highest BCUT2D eigenvalue weighted by molar-refractivity contribution is 5.85. The quantitative estimate of drug-likeness (QED) is 0.801. The summed E-state index contributed by atoms with van der Waals surface area (Å²) in [5.74, 6) is 0.815. The molecule has 0 aromatic carbocycles. The van der Waals surface area contributed by atoms with Gasteiger partial charge in [-0.15, -0.1) is 24.8 Å². The predicted molar refractivity (Wildman–Crippen MR) is 94.2 cm³/mol. The topological polar surface area (TPSA) is 53.6 Å². The number of rotatable bonds is 4. The third-order valence-corrected chi connectivity index (χ3v) is 4.45.